The molecule has 0 aliphatic carbocycles. The summed E-state index contributed by atoms with van der Waals surface area (Å²) in [6, 6.07) is 0. The van der Waals surface area contributed by atoms with Crippen molar-refractivity contribution in [1.29, 1.82) is 0 Å². The van der Waals surface area contributed by atoms with Gasteiger partial charge in [0.2, 0.25) is 5.91 Å². The lowest BCUT2D eigenvalue weighted by atomic mass is 9.85. The van der Waals surface area contributed by atoms with Crippen molar-refractivity contribution in [3.8, 4) is 0 Å². The molecule has 1 heterocycles. The largest absolute Gasteiger partial charge is 0.337 e. The fourth-order valence-corrected chi connectivity index (χ4v) is 1.61. The first-order valence-electron chi connectivity index (χ1n) is 5.18. The van der Waals surface area contributed by atoms with E-state index in [4.69, 9.17) is 0 Å². The van der Waals surface area contributed by atoms with Gasteiger partial charge in [-0.1, -0.05) is 20.8 Å². The van der Waals surface area contributed by atoms with Crippen LogP contribution in [-0.4, -0.2) is 22.9 Å². The van der Waals surface area contributed by atoms with Gasteiger partial charge in [-0.3, -0.25) is 4.79 Å². The van der Waals surface area contributed by atoms with Crippen molar-refractivity contribution in [2.24, 2.45) is 11.8 Å². The van der Waals surface area contributed by atoms with E-state index in [1.54, 1.807) is 0 Å². The summed E-state index contributed by atoms with van der Waals surface area (Å²) >= 11 is 0. The van der Waals surface area contributed by atoms with Gasteiger partial charge >= 0.3 is 0 Å². The molecule has 0 spiro atoms. The summed E-state index contributed by atoms with van der Waals surface area (Å²) in [5, 5.41) is 0. The molecule has 1 amide bonds. The van der Waals surface area contributed by atoms with Crippen LogP contribution in [-0.2, 0) is 4.79 Å². The normalized spacial score (nSPS) is 22.8. The molecular formula is C11H21NO. The molecular weight excluding hydrogens is 162 g/mol. The molecule has 1 saturated heterocycles. The number of rotatable bonds is 2. The van der Waals surface area contributed by atoms with E-state index in [0.717, 1.165) is 13.0 Å². The van der Waals surface area contributed by atoms with Crippen LogP contribution in [0, 0.1) is 11.8 Å². The molecule has 1 aliphatic rings. The summed E-state index contributed by atoms with van der Waals surface area (Å²) in [5.41, 5.74) is 0.111. The Kier molecular flexibility index (Phi) is 2.69. The molecule has 0 aromatic heterocycles. The molecule has 1 rings (SSSR count). The van der Waals surface area contributed by atoms with E-state index < -0.39 is 0 Å². The summed E-state index contributed by atoms with van der Waals surface area (Å²) < 4.78 is 0. The van der Waals surface area contributed by atoms with Gasteiger partial charge in [0.15, 0.2) is 0 Å². The molecule has 0 aromatic rings. The molecule has 1 aliphatic heterocycles. The lowest BCUT2D eigenvalue weighted by Gasteiger charge is -2.49. The number of nitrogens with zero attached hydrogens (tertiary/aromatic N) is 1. The van der Waals surface area contributed by atoms with Gasteiger partial charge in [-0.25, -0.2) is 0 Å². The maximum Gasteiger partial charge on any atom is 0.226 e. The van der Waals surface area contributed by atoms with Gasteiger partial charge in [-0.05, 0) is 26.2 Å². The lowest BCUT2D eigenvalue weighted by molar-refractivity contribution is -0.150. The average molecular weight is 183 g/mol. The van der Waals surface area contributed by atoms with Crippen LogP contribution in [0.1, 0.15) is 41.0 Å². The van der Waals surface area contributed by atoms with Crippen LogP contribution in [0.2, 0.25) is 0 Å². The molecule has 0 aromatic carbocycles. The van der Waals surface area contributed by atoms with E-state index in [1.165, 1.54) is 0 Å². The SMILES string of the molecule is CC(C)C(C)C(=O)N1CCC1(C)C. The molecule has 76 valence electrons. The van der Waals surface area contributed by atoms with Crippen LogP contribution in [0.4, 0.5) is 0 Å². The Balaban J connectivity index is 2.59. The van der Waals surface area contributed by atoms with Gasteiger partial charge in [0.1, 0.15) is 0 Å². The first-order chi connectivity index (χ1) is 5.86. The Labute approximate surface area is 81.3 Å². The Morgan fingerprint density at radius 2 is 1.85 bits per heavy atom. The van der Waals surface area contributed by atoms with E-state index in [1.807, 2.05) is 11.8 Å². The predicted molar refractivity (Wildman–Crippen MR) is 54.4 cm³/mol. The van der Waals surface area contributed by atoms with Crippen LogP contribution in [0.25, 0.3) is 0 Å². The Morgan fingerprint density at radius 3 is 2.08 bits per heavy atom. The van der Waals surface area contributed by atoms with Gasteiger partial charge in [0.25, 0.3) is 0 Å². The minimum Gasteiger partial charge on any atom is -0.337 e. The third-order valence-electron chi connectivity index (χ3n) is 3.33. The molecule has 0 saturated carbocycles. The molecule has 0 bridgehead atoms. The standard InChI is InChI=1S/C11H21NO/c1-8(2)9(3)10(13)12-7-6-11(12,4)5/h8-9H,6-7H2,1-5H3. The van der Waals surface area contributed by atoms with Crippen molar-refractivity contribution in [3.05, 3.63) is 0 Å². The number of carbonyl (C=O) groups is 1. The monoisotopic (exact) mass is 183 g/mol. The van der Waals surface area contributed by atoms with Gasteiger partial charge in [-0.15, -0.1) is 0 Å². The Morgan fingerprint density at radius 1 is 1.31 bits per heavy atom. The predicted octanol–water partition coefficient (Wildman–Crippen LogP) is 2.29. The molecule has 1 fully saturated rings. The Bertz CT molecular complexity index is 208. The van der Waals surface area contributed by atoms with E-state index in [9.17, 15) is 4.79 Å². The first kappa shape index (κ1) is 10.6. The molecule has 1 atom stereocenters. The topological polar surface area (TPSA) is 20.3 Å². The number of carbonyl (C=O) groups excluding carboxylic acids is 1. The van der Waals surface area contributed by atoms with Crippen LogP contribution >= 0.6 is 0 Å². The maximum atomic E-state index is 11.9. The highest BCUT2D eigenvalue weighted by Crippen LogP contribution is 2.31. The zero-order valence-electron chi connectivity index (χ0n) is 9.42. The summed E-state index contributed by atoms with van der Waals surface area (Å²) in [5.74, 6) is 0.940. The molecule has 2 heteroatoms. The Hall–Kier alpha value is -0.530. The second kappa shape index (κ2) is 3.32. The second-order valence-electron chi connectivity index (χ2n) is 5.09. The van der Waals surface area contributed by atoms with Gasteiger partial charge in [0.05, 0.1) is 0 Å². The number of hydrogen-bond donors (Lipinski definition) is 0. The van der Waals surface area contributed by atoms with Crippen molar-refractivity contribution in [3.63, 3.8) is 0 Å². The summed E-state index contributed by atoms with van der Waals surface area (Å²) in [7, 11) is 0. The molecule has 2 nitrogen and oxygen atoms in total. The summed E-state index contributed by atoms with van der Waals surface area (Å²) in [6.45, 7) is 11.5. The second-order valence-corrected chi connectivity index (χ2v) is 5.09. The van der Waals surface area contributed by atoms with E-state index >= 15 is 0 Å². The molecule has 0 radical (unpaired) electrons. The van der Waals surface area contributed by atoms with Crippen LogP contribution in [0.3, 0.4) is 0 Å². The molecule has 1 unspecified atom stereocenters. The van der Waals surface area contributed by atoms with Crippen LogP contribution < -0.4 is 0 Å². The fraction of sp³-hybridized carbons (Fsp3) is 0.909. The third kappa shape index (κ3) is 1.87. The number of likely N-dealkylation sites (tertiary alicyclic amines) is 1. The minimum absolute atomic E-state index is 0.111. The van der Waals surface area contributed by atoms with Crippen LogP contribution in [0.15, 0.2) is 0 Å². The van der Waals surface area contributed by atoms with Crippen LogP contribution in [0.5, 0.6) is 0 Å². The highest BCUT2D eigenvalue weighted by molar-refractivity contribution is 5.80. The van der Waals surface area contributed by atoms with Crippen molar-refractivity contribution >= 4 is 5.91 Å². The quantitative estimate of drug-likeness (QED) is 0.643. The zero-order valence-corrected chi connectivity index (χ0v) is 9.42. The van der Waals surface area contributed by atoms with Crippen molar-refractivity contribution in [2.75, 3.05) is 6.54 Å². The third-order valence-corrected chi connectivity index (χ3v) is 3.33. The van der Waals surface area contributed by atoms with E-state index in [0.29, 0.717) is 11.8 Å². The highest BCUT2D eigenvalue weighted by Gasteiger charge is 2.40. The summed E-state index contributed by atoms with van der Waals surface area (Å²) in [4.78, 5) is 13.9. The zero-order chi connectivity index (χ0) is 10.2. The van der Waals surface area contributed by atoms with Crippen molar-refractivity contribution < 1.29 is 4.79 Å². The van der Waals surface area contributed by atoms with Crippen molar-refractivity contribution in [2.45, 2.75) is 46.6 Å². The lowest BCUT2D eigenvalue weighted by Crippen LogP contribution is -2.60. The van der Waals surface area contributed by atoms with E-state index in [2.05, 4.69) is 27.7 Å². The molecule has 13 heavy (non-hydrogen) atoms. The highest BCUT2D eigenvalue weighted by atomic mass is 16.2. The minimum atomic E-state index is 0.111. The summed E-state index contributed by atoms with van der Waals surface area (Å²) in [6.07, 6.45) is 1.14. The molecule has 0 N–H and O–H groups in total. The maximum absolute atomic E-state index is 11.9. The van der Waals surface area contributed by atoms with Gasteiger partial charge in [0, 0.05) is 18.0 Å². The smallest absolute Gasteiger partial charge is 0.226 e. The average Bonchev–Trinajstić information content (AvgIpc) is 2.01. The van der Waals surface area contributed by atoms with Gasteiger partial charge < -0.3 is 4.90 Å². The van der Waals surface area contributed by atoms with Crippen molar-refractivity contribution in [1.82, 2.24) is 4.90 Å². The first-order valence-corrected chi connectivity index (χ1v) is 5.18. The van der Waals surface area contributed by atoms with Gasteiger partial charge in [-0.2, -0.15) is 0 Å². The number of amides is 1. The number of hydrogen-bond acceptors (Lipinski definition) is 1. The fourth-order valence-electron chi connectivity index (χ4n) is 1.61. The van der Waals surface area contributed by atoms with E-state index in [-0.39, 0.29) is 11.5 Å².